The summed E-state index contributed by atoms with van der Waals surface area (Å²) >= 11 is 3.36. The molecule has 26 heavy (non-hydrogen) atoms. The van der Waals surface area contributed by atoms with Gasteiger partial charge >= 0.3 is 5.97 Å². The molecule has 2 rings (SSSR count). The molecule has 0 aliphatic rings. The van der Waals surface area contributed by atoms with Gasteiger partial charge in [0.15, 0.2) is 0 Å². The number of carboxylic acid groups (broad SMARTS) is 1. The van der Waals surface area contributed by atoms with Gasteiger partial charge in [0.05, 0.1) is 12.6 Å². The lowest BCUT2D eigenvalue weighted by atomic mass is 10.2. The van der Waals surface area contributed by atoms with Crippen molar-refractivity contribution >= 4 is 27.9 Å². The molecule has 0 heterocycles. The van der Waals surface area contributed by atoms with Crippen molar-refractivity contribution in [2.75, 3.05) is 13.2 Å². The zero-order valence-corrected chi connectivity index (χ0v) is 15.1. The maximum Gasteiger partial charge on any atom is 0.332 e. The van der Waals surface area contributed by atoms with E-state index in [1.54, 1.807) is 0 Å². The lowest BCUT2D eigenvalue weighted by Crippen LogP contribution is -2.25. The molecule has 0 aromatic heterocycles. The smallest absolute Gasteiger partial charge is 0.332 e. The number of aliphatic hydroxyl groups is 2. The second-order valence-electron chi connectivity index (χ2n) is 4.45. The molecular weight excluding hydrogens is 404 g/mol. The van der Waals surface area contributed by atoms with Gasteiger partial charge in [-0.25, -0.2) is 4.79 Å². The number of aliphatic carboxylic acids is 1. The van der Waals surface area contributed by atoms with Gasteiger partial charge in [0, 0.05) is 5.33 Å². The van der Waals surface area contributed by atoms with Gasteiger partial charge in [0.2, 0.25) is 0 Å². The van der Waals surface area contributed by atoms with Crippen LogP contribution in [-0.2, 0) is 26.3 Å². The minimum absolute atomic E-state index is 0. The Kier molecular flexibility index (Phi) is 17.6. The number of carbonyl (C=O) groups excluding carboxylic acids is 2. The van der Waals surface area contributed by atoms with Gasteiger partial charge in [-0.3, -0.25) is 0 Å². The Labute approximate surface area is 162 Å². The van der Waals surface area contributed by atoms with Crippen LogP contribution in [0.25, 0.3) is 0 Å². The number of benzene rings is 2. The monoisotopic (exact) mass is 427 g/mol. The normalized spacial score (nSPS) is 8.58. The van der Waals surface area contributed by atoms with E-state index in [-0.39, 0.29) is 14.0 Å². The number of ether oxygens (including phenoxy) is 1. The molecule has 0 amide bonds. The van der Waals surface area contributed by atoms with Gasteiger partial charge in [-0.15, -0.1) is 0 Å². The fourth-order valence-electron chi connectivity index (χ4n) is 1.35. The summed E-state index contributed by atoms with van der Waals surface area (Å²) in [5.74, 6) is -2.04. The van der Waals surface area contributed by atoms with Crippen LogP contribution < -0.4 is 5.11 Å². The molecule has 0 saturated heterocycles. The molecule has 6 nitrogen and oxygen atoms in total. The van der Waals surface area contributed by atoms with E-state index in [9.17, 15) is 4.79 Å². The summed E-state index contributed by atoms with van der Waals surface area (Å²) in [5, 5.41) is 25.8. The minimum atomic E-state index is -1.44. The van der Waals surface area contributed by atoms with Crippen LogP contribution in [0.15, 0.2) is 60.7 Å². The van der Waals surface area contributed by atoms with Crippen LogP contribution in [0.4, 0.5) is 0 Å². The molecule has 0 spiro atoms. The quantitative estimate of drug-likeness (QED) is 0.554. The van der Waals surface area contributed by atoms with Crippen molar-refractivity contribution in [3.8, 4) is 0 Å². The van der Waals surface area contributed by atoms with Gasteiger partial charge in [0.1, 0.15) is 13.2 Å². The van der Waals surface area contributed by atoms with Crippen LogP contribution in [0, 0.1) is 0 Å². The Hall–Kier alpha value is -2.22. The van der Waals surface area contributed by atoms with Gasteiger partial charge in [-0.2, -0.15) is 0 Å². The summed E-state index contributed by atoms with van der Waals surface area (Å²) in [6, 6.07) is 19.6. The van der Waals surface area contributed by atoms with Crippen LogP contribution in [-0.4, -0.2) is 35.4 Å². The summed E-state index contributed by atoms with van der Waals surface area (Å²) in [6.07, 6.45) is 0. The summed E-state index contributed by atoms with van der Waals surface area (Å²) in [7, 11) is 0. The van der Waals surface area contributed by atoms with E-state index >= 15 is 0 Å². The molecule has 2 aromatic rings. The predicted molar refractivity (Wildman–Crippen MR) is 101 cm³/mol. The molecular formula is C19H24BrO6-. The van der Waals surface area contributed by atoms with Crippen LogP contribution in [0.3, 0.4) is 0 Å². The van der Waals surface area contributed by atoms with E-state index in [0.717, 1.165) is 10.9 Å². The van der Waals surface area contributed by atoms with Gasteiger partial charge < -0.3 is 24.9 Å². The van der Waals surface area contributed by atoms with Crippen molar-refractivity contribution in [1.82, 2.24) is 0 Å². The van der Waals surface area contributed by atoms with E-state index in [1.807, 2.05) is 48.5 Å². The van der Waals surface area contributed by atoms with Crippen molar-refractivity contribution in [1.29, 1.82) is 0 Å². The number of hydrogen-bond donors (Lipinski definition) is 2. The zero-order valence-electron chi connectivity index (χ0n) is 13.5. The van der Waals surface area contributed by atoms with Crippen LogP contribution in [0.5, 0.6) is 0 Å². The van der Waals surface area contributed by atoms with E-state index in [4.69, 9.17) is 20.1 Å². The first-order valence-electron chi connectivity index (χ1n) is 7.24. The van der Waals surface area contributed by atoms with Gasteiger partial charge in [-0.1, -0.05) is 84.0 Å². The number of rotatable bonds is 5. The first-order valence-corrected chi connectivity index (χ1v) is 8.36. The number of alkyl halides is 1. The Morgan fingerprint density at radius 3 is 1.62 bits per heavy atom. The minimum Gasteiger partial charge on any atom is -0.548 e. The summed E-state index contributed by atoms with van der Waals surface area (Å²) < 4.78 is 4.69. The summed E-state index contributed by atoms with van der Waals surface area (Å²) in [4.78, 5) is 19.5. The van der Waals surface area contributed by atoms with Crippen molar-refractivity contribution < 1.29 is 29.6 Å². The second-order valence-corrected chi connectivity index (χ2v) is 5.01. The third-order valence-corrected chi connectivity index (χ3v) is 3.15. The summed E-state index contributed by atoms with van der Waals surface area (Å²) in [6.45, 7) is -1.23. The van der Waals surface area contributed by atoms with Crippen LogP contribution in [0.1, 0.15) is 18.6 Å². The number of aliphatic hydroxyl groups excluding tert-OH is 2. The average molecular weight is 428 g/mol. The fourth-order valence-corrected chi connectivity index (χ4v) is 1.72. The molecule has 144 valence electrons. The number of hydrogen-bond acceptors (Lipinski definition) is 6. The lowest BCUT2D eigenvalue weighted by Gasteiger charge is -2.01. The third kappa shape index (κ3) is 15.3. The highest BCUT2D eigenvalue weighted by Crippen LogP contribution is 2.02. The van der Waals surface area contributed by atoms with Gasteiger partial charge in [-0.05, 0) is 11.1 Å². The first-order chi connectivity index (χ1) is 12.0. The molecule has 0 bridgehead atoms. The number of carboxylic acids is 1. The molecule has 2 aromatic carbocycles. The molecule has 0 unspecified atom stereocenters. The number of esters is 1. The molecule has 0 fully saturated rings. The molecule has 0 aliphatic heterocycles. The number of carbonyl (C=O) groups is 2. The zero-order chi connectivity index (χ0) is 18.9. The molecule has 0 saturated carbocycles. The highest BCUT2D eigenvalue weighted by atomic mass is 79.9. The van der Waals surface area contributed by atoms with E-state index < -0.39 is 25.2 Å². The number of halogens is 1. The second kappa shape index (κ2) is 17.6. The van der Waals surface area contributed by atoms with Crippen molar-refractivity contribution in [2.24, 2.45) is 0 Å². The van der Waals surface area contributed by atoms with Crippen molar-refractivity contribution in [2.45, 2.75) is 19.4 Å². The van der Waals surface area contributed by atoms with E-state index in [0.29, 0.717) is 0 Å². The standard InChI is InChI=1S/C9H10O3.C7H7Br.C2H4O3.CH4/c10-6-9(11)12-7-8-4-2-1-3-5-8;8-6-7-4-2-1-3-5-7;3-1-2(4)5;/h1-5,10H,6-7H2;1-5H,6H2;3H,1H2,(H,4,5);1H4/p-1. The van der Waals surface area contributed by atoms with Crippen LogP contribution >= 0.6 is 15.9 Å². The lowest BCUT2D eigenvalue weighted by molar-refractivity contribution is -0.308. The SMILES string of the molecule is BrCc1ccccc1.C.O=C(CO)OCc1ccccc1.O=C([O-])CO. The Balaban J connectivity index is 0. The largest absolute Gasteiger partial charge is 0.548 e. The first kappa shape index (κ1) is 26.0. The molecule has 0 aliphatic carbocycles. The van der Waals surface area contributed by atoms with E-state index in [2.05, 4.69) is 32.8 Å². The maximum absolute atomic E-state index is 10.5. The van der Waals surface area contributed by atoms with Crippen molar-refractivity contribution in [3.05, 3.63) is 71.8 Å². The predicted octanol–water partition coefficient (Wildman–Crippen LogP) is 1.67. The van der Waals surface area contributed by atoms with Crippen molar-refractivity contribution in [3.63, 3.8) is 0 Å². The molecule has 0 atom stereocenters. The molecule has 2 N–H and O–H groups in total. The van der Waals surface area contributed by atoms with Crippen LogP contribution in [0.2, 0.25) is 0 Å². The fraction of sp³-hybridized carbons (Fsp3) is 0.263. The van der Waals surface area contributed by atoms with E-state index in [1.165, 1.54) is 5.56 Å². The average Bonchev–Trinajstić information content (AvgIpc) is 2.68. The summed E-state index contributed by atoms with van der Waals surface area (Å²) in [5.41, 5.74) is 2.24. The maximum atomic E-state index is 10.5. The third-order valence-electron chi connectivity index (χ3n) is 2.50. The highest BCUT2D eigenvalue weighted by molar-refractivity contribution is 9.08. The highest BCUT2D eigenvalue weighted by Gasteiger charge is 1.98. The Bertz CT molecular complexity index is 589. The van der Waals surface area contributed by atoms with Gasteiger partial charge in [0.25, 0.3) is 0 Å². The topological polar surface area (TPSA) is 107 Å². The molecule has 7 heteroatoms. The molecule has 0 radical (unpaired) electrons. The Morgan fingerprint density at radius 2 is 1.31 bits per heavy atom. The Morgan fingerprint density at radius 1 is 0.885 bits per heavy atom.